The topological polar surface area (TPSA) is 69.2 Å². The summed E-state index contributed by atoms with van der Waals surface area (Å²) in [6.45, 7) is 8.29. The smallest absolute Gasteiger partial charge is 0.259 e. The normalized spacial score (nSPS) is 21.2. The van der Waals surface area contributed by atoms with Gasteiger partial charge >= 0.3 is 0 Å². The molecule has 0 aliphatic carbocycles. The number of likely N-dealkylation sites (tertiary alicyclic amines) is 1. The second-order valence-electron chi connectivity index (χ2n) is 6.00. The van der Waals surface area contributed by atoms with Gasteiger partial charge < -0.3 is 10.1 Å². The Morgan fingerprint density at radius 3 is 2.95 bits per heavy atom. The predicted molar refractivity (Wildman–Crippen MR) is 84.8 cm³/mol. The number of aryl methyl sites for hydroxylation is 2. The molecule has 1 saturated heterocycles. The fourth-order valence-corrected chi connectivity index (χ4v) is 4.03. The fourth-order valence-electron chi connectivity index (χ4n) is 2.99. The Bertz CT molecular complexity index is 720. The molecule has 2 atom stereocenters. The molecule has 3 heterocycles. The van der Waals surface area contributed by atoms with E-state index in [1.54, 1.807) is 11.3 Å². The summed E-state index contributed by atoms with van der Waals surface area (Å²) in [5, 5.41) is 10.4. The van der Waals surface area contributed by atoms with Gasteiger partial charge in [0.1, 0.15) is 10.7 Å². The van der Waals surface area contributed by atoms with E-state index >= 15 is 0 Å². The van der Waals surface area contributed by atoms with Crippen molar-refractivity contribution in [1.82, 2.24) is 14.9 Å². The molecule has 0 amide bonds. The number of H-pyrrole nitrogens is 1. The highest BCUT2D eigenvalue weighted by atomic mass is 32.1. The summed E-state index contributed by atoms with van der Waals surface area (Å²) in [5.74, 6) is 1.05. The van der Waals surface area contributed by atoms with Crippen LogP contribution in [0.15, 0.2) is 4.79 Å². The van der Waals surface area contributed by atoms with Crippen LogP contribution in [0, 0.1) is 19.8 Å². The van der Waals surface area contributed by atoms with Crippen molar-refractivity contribution in [2.24, 2.45) is 5.92 Å². The fraction of sp³-hybridized carbons (Fsp3) is 0.600. The van der Waals surface area contributed by atoms with Crippen molar-refractivity contribution in [3.05, 3.63) is 26.6 Å². The third kappa shape index (κ3) is 2.75. The Hall–Kier alpha value is -1.24. The Morgan fingerprint density at radius 2 is 2.29 bits per heavy atom. The number of nitrogens with zero attached hydrogens (tertiary/aromatic N) is 2. The Kier molecular flexibility index (Phi) is 3.86. The molecule has 1 aliphatic heterocycles. The summed E-state index contributed by atoms with van der Waals surface area (Å²) < 4.78 is 0. The minimum atomic E-state index is -0.271. The lowest BCUT2D eigenvalue weighted by atomic mass is 10.0. The molecule has 1 aliphatic rings. The van der Waals surface area contributed by atoms with Crippen LogP contribution >= 0.6 is 11.3 Å². The van der Waals surface area contributed by atoms with E-state index in [0.29, 0.717) is 12.5 Å². The number of hydrogen-bond donors (Lipinski definition) is 2. The van der Waals surface area contributed by atoms with E-state index in [4.69, 9.17) is 0 Å². The van der Waals surface area contributed by atoms with Gasteiger partial charge in [0.2, 0.25) is 0 Å². The van der Waals surface area contributed by atoms with Gasteiger partial charge in [-0.15, -0.1) is 11.3 Å². The van der Waals surface area contributed by atoms with Crippen LogP contribution in [0.5, 0.6) is 0 Å². The summed E-state index contributed by atoms with van der Waals surface area (Å²) in [6.07, 6.45) is 0.730. The highest BCUT2D eigenvalue weighted by molar-refractivity contribution is 7.18. The highest BCUT2D eigenvalue weighted by Crippen LogP contribution is 2.26. The highest BCUT2D eigenvalue weighted by Gasteiger charge is 2.26. The number of hydrogen-bond acceptors (Lipinski definition) is 5. The lowest BCUT2D eigenvalue weighted by Crippen LogP contribution is -2.26. The van der Waals surface area contributed by atoms with E-state index in [2.05, 4.69) is 14.9 Å². The largest absolute Gasteiger partial charge is 0.393 e. The van der Waals surface area contributed by atoms with E-state index in [1.165, 1.54) is 0 Å². The number of nitrogens with one attached hydrogen (secondary N) is 1. The first-order valence-corrected chi connectivity index (χ1v) is 8.16. The summed E-state index contributed by atoms with van der Waals surface area (Å²) in [4.78, 5) is 24.0. The van der Waals surface area contributed by atoms with Crippen LogP contribution < -0.4 is 5.56 Å². The molecule has 2 unspecified atom stereocenters. The summed E-state index contributed by atoms with van der Waals surface area (Å²) in [5.41, 5.74) is 0.994. The summed E-state index contributed by atoms with van der Waals surface area (Å²) in [7, 11) is 0. The monoisotopic (exact) mass is 307 g/mol. The molecule has 2 aromatic heterocycles. The molecule has 0 spiro atoms. The van der Waals surface area contributed by atoms with E-state index < -0.39 is 0 Å². The van der Waals surface area contributed by atoms with Gasteiger partial charge in [-0.3, -0.25) is 9.69 Å². The van der Waals surface area contributed by atoms with Crippen LogP contribution in [0.25, 0.3) is 10.2 Å². The van der Waals surface area contributed by atoms with E-state index in [9.17, 15) is 9.90 Å². The molecule has 0 radical (unpaired) electrons. The Morgan fingerprint density at radius 1 is 1.52 bits per heavy atom. The number of thiophene rings is 1. The van der Waals surface area contributed by atoms with E-state index in [1.807, 2.05) is 20.8 Å². The van der Waals surface area contributed by atoms with Crippen LogP contribution in [-0.4, -0.2) is 39.2 Å². The van der Waals surface area contributed by atoms with Crippen LogP contribution in [0.2, 0.25) is 0 Å². The molecule has 0 saturated carbocycles. The average molecular weight is 307 g/mol. The van der Waals surface area contributed by atoms with Crippen LogP contribution in [0.3, 0.4) is 0 Å². The standard InChI is InChI=1S/C15H21N3O2S/c1-8-10(3)21-15-13(8)14(20)16-12(17-15)7-18-5-4-11(6-18)9(2)19/h9,11,19H,4-7H2,1-3H3,(H,16,17,20). The molecule has 2 aromatic rings. The minimum Gasteiger partial charge on any atom is -0.393 e. The quantitative estimate of drug-likeness (QED) is 0.907. The predicted octanol–water partition coefficient (Wildman–Crippen LogP) is 1.80. The van der Waals surface area contributed by atoms with E-state index in [0.717, 1.165) is 46.0 Å². The third-order valence-corrected chi connectivity index (χ3v) is 5.55. The van der Waals surface area contributed by atoms with Gasteiger partial charge in [-0.1, -0.05) is 0 Å². The van der Waals surface area contributed by atoms with Crippen molar-refractivity contribution >= 4 is 21.6 Å². The minimum absolute atomic E-state index is 0.0388. The lowest BCUT2D eigenvalue weighted by Gasteiger charge is -2.16. The Labute approximate surface area is 127 Å². The first-order chi connectivity index (χ1) is 9.95. The number of aliphatic hydroxyl groups is 1. The maximum absolute atomic E-state index is 12.2. The van der Waals surface area contributed by atoms with Crippen molar-refractivity contribution in [2.75, 3.05) is 13.1 Å². The van der Waals surface area contributed by atoms with Crippen LogP contribution in [-0.2, 0) is 6.54 Å². The van der Waals surface area contributed by atoms with Crippen LogP contribution in [0.4, 0.5) is 0 Å². The van der Waals surface area contributed by atoms with Crippen molar-refractivity contribution < 1.29 is 5.11 Å². The molecule has 5 nitrogen and oxygen atoms in total. The number of aromatic amines is 1. The van der Waals surface area contributed by atoms with E-state index in [-0.39, 0.29) is 11.7 Å². The maximum Gasteiger partial charge on any atom is 0.259 e. The van der Waals surface area contributed by atoms with Crippen LogP contribution in [0.1, 0.15) is 29.6 Å². The second kappa shape index (κ2) is 5.51. The molecule has 2 N–H and O–H groups in total. The molecule has 0 aromatic carbocycles. The van der Waals surface area contributed by atoms with Gasteiger partial charge in [-0.05, 0) is 45.2 Å². The zero-order valence-electron chi connectivity index (χ0n) is 12.6. The number of aromatic nitrogens is 2. The second-order valence-corrected chi connectivity index (χ2v) is 7.20. The Balaban J connectivity index is 1.84. The summed E-state index contributed by atoms with van der Waals surface area (Å²) >= 11 is 1.58. The first kappa shape index (κ1) is 14.7. The first-order valence-electron chi connectivity index (χ1n) is 7.35. The van der Waals surface area contributed by atoms with Gasteiger partial charge in [0.25, 0.3) is 5.56 Å². The number of aliphatic hydroxyl groups excluding tert-OH is 1. The van der Waals surface area contributed by atoms with Gasteiger partial charge in [-0.25, -0.2) is 4.98 Å². The van der Waals surface area contributed by atoms with Crippen molar-refractivity contribution in [3.8, 4) is 0 Å². The average Bonchev–Trinajstić information content (AvgIpc) is 2.96. The number of fused-ring (bicyclic) bond motifs is 1. The zero-order valence-corrected chi connectivity index (χ0v) is 13.5. The zero-order chi connectivity index (χ0) is 15.1. The molecule has 114 valence electrons. The number of rotatable bonds is 3. The molecule has 3 rings (SSSR count). The summed E-state index contributed by atoms with van der Waals surface area (Å²) in [6, 6.07) is 0. The van der Waals surface area contributed by atoms with Crippen molar-refractivity contribution in [1.29, 1.82) is 0 Å². The van der Waals surface area contributed by atoms with Gasteiger partial charge in [-0.2, -0.15) is 0 Å². The van der Waals surface area contributed by atoms with Gasteiger partial charge in [0.15, 0.2) is 0 Å². The van der Waals surface area contributed by atoms with Crippen molar-refractivity contribution in [2.45, 2.75) is 39.8 Å². The molecule has 21 heavy (non-hydrogen) atoms. The molecule has 0 bridgehead atoms. The molecule has 1 fully saturated rings. The molecular weight excluding hydrogens is 286 g/mol. The lowest BCUT2D eigenvalue weighted by molar-refractivity contribution is 0.127. The maximum atomic E-state index is 12.2. The third-order valence-electron chi connectivity index (χ3n) is 4.45. The molecular formula is C15H21N3O2S. The van der Waals surface area contributed by atoms with Gasteiger partial charge in [0.05, 0.1) is 18.0 Å². The SMILES string of the molecule is Cc1sc2nc(CN3CCC(C(C)O)C3)[nH]c(=O)c2c1C. The molecule has 6 heteroatoms. The van der Waals surface area contributed by atoms with Crippen molar-refractivity contribution in [3.63, 3.8) is 0 Å². The van der Waals surface area contributed by atoms with Gasteiger partial charge in [0, 0.05) is 11.4 Å².